The predicted molar refractivity (Wildman–Crippen MR) is 75.5 cm³/mol. The number of hydrogen-bond donors (Lipinski definition) is 3. The molecule has 0 spiro atoms. The van der Waals surface area contributed by atoms with Crippen molar-refractivity contribution in [3.8, 4) is 0 Å². The van der Waals surface area contributed by atoms with Crippen LogP contribution in [0.3, 0.4) is 0 Å². The lowest BCUT2D eigenvalue weighted by atomic mass is 10.3. The van der Waals surface area contributed by atoms with Crippen molar-refractivity contribution < 1.29 is 9.53 Å². The molecule has 1 fully saturated rings. The number of aromatic nitrogens is 2. The highest BCUT2D eigenvalue weighted by Gasteiger charge is 2.27. The van der Waals surface area contributed by atoms with Gasteiger partial charge < -0.3 is 20.4 Å². The molecule has 1 aromatic heterocycles. The van der Waals surface area contributed by atoms with Crippen LogP contribution in [0.1, 0.15) is 17.8 Å². The molecule has 110 valence electrons. The molecule has 1 aliphatic heterocycles. The van der Waals surface area contributed by atoms with Crippen LogP contribution in [0.2, 0.25) is 0 Å². The minimum absolute atomic E-state index is 0.0615. The van der Waals surface area contributed by atoms with Gasteiger partial charge in [0.05, 0.1) is 13.2 Å². The molecule has 8 heteroatoms. The highest BCUT2D eigenvalue weighted by atomic mass is 16.5. The molecule has 0 bridgehead atoms. The lowest BCUT2D eigenvalue weighted by Crippen LogP contribution is -2.37. The van der Waals surface area contributed by atoms with Crippen LogP contribution in [0.4, 0.5) is 16.4 Å². The lowest BCUT2D eigenvalue weighted by Gasteiger charge is -2.21. The molecule has 2 heterocycles. The second kappa shape index (κ2) is 5.91. The first-order chi connectivity index (χ1) is 9.55. The van der Waals surface area contributed by atoms with E-state index in [1.807, 2.05) is 13.8 Å². The van der Waals surface area contributed by atoms with Crippen LogP contribution in [0.15, 0.2) is 0 Å². The van der Waals surface area contributed by atoms with Crippen LogP contribution in [0.25, 0.3) is 0 Å². The van der Waals surface area contributed by atoms with Crippen LogP contribution >= 0.6 is 0 Å². The van der Waals surface area contributed by atoms with E-state index in [2.05, 4.69) is 30.3 Å². The van der Waals surface area contributed by atoms with Gasteiger partial charge in [0.2, 0.25) is 0 Å². The quantitative estimate of drug-likeness (QED) is 0.540. The molecular weight excluding hydrogens is 260 g/mol. The molecule has 1 unspecified atom stereocenters. The van der Waals surface area contributed by atoms with E-state index in [0.717, 1.165) is 24.3 Å². The van der Waals surface area contributed by atoms with Gasteiger partial charge in [0, 0.05) is 18.7 Å². The zero-order valence-corrected chi connectivity index (χ0v) is 11.9. The number of carbonyl (C=O) groups is 1. The molecule has 20 heavy (non-hydrogen) atoms. The standard InChI is InChI=1S/C12H20N6O2/c1-7-10(17-13)14-8(2)15-11(7)18-5-4-9(6-18)16-12(19)20-3/h9H,4-6,13H2,1-3H3,(H,16,19)(H,14,15,17). The molecule has 4 N–H and O–H groups in total. The van der Waals surface area contributed by atoms with Gasteiger partial charge in [0.25, 0.3) is 0 Å². The second-order valence-corrected chi connectivity index (χ2v) is 4.78. The Labute approximate surface area is 117 Å². The van der Waals surface area contributed by atoms with E-state index < -0.39 is 6.09 Å². The summed E-state index contributed by atoms with van der Waals surface area (Å²) in [6, 6.07) is 0.0615. The number of amides is 1. The number of hydrazine groups is 1. The Hall–Kier alpha value is -2.09. The molecule has 2 rings (SSSR count). The summed E-state index contributed by atoms with van der Waals surface area (Å²) in [4.78, 5) is 22.1. The maximum atomic E-state index is 11.2. The predicted octanol–water partition coefficient (Wildman–Crippen LogP) is 0.314. The zero-order chi connectivity index (χ0) is 14.7. The Balaban J connectivity index is 2.14. The second-order valence-electron chi connectivity index (χ2n) is 4.78. The van der Waals surface area contributed by atoms with E-state index >= 15 is 0 Å². The summed E-state index contributed by atoms with van der Waals surface area (Å²) in [6.45, 7) is 5.25. The Morgan fingerprint density at radius 3 is 2.85 bits per heavy atom. The SMILES string of the molecule is COC(=O)NC1CCN(c2nc(C)nc(NN)c2C)C1. The summed E-state index contributed by atoms with van der Waals surface area (Å²) in [5.74, 6) is 7.59. The smallest absolute Gasteiger partial charge is 0.407 e. The van der Waals surface area contributed by atoms with Gasteiger partial charge in [0.15, 0.2) is 0 Å². The van der Waals surface area contributed by atoms with Crippen molar-refractivity contribution >= 4 is 17.7 Å². The summed E-state index contributed by atoms with van der Waals surface area (Å²) < 4.78 is 4.61. The molecule has 0 aromatic carbocycles. The van der Waals surface area contributed by atoms with Crippen molar-refractivity contribution in [3.63, 3.8) is 0 Å². The Bertz CT molecular complexity index is 507. The van der Waals surface area contributed by atoms with Gasteiger partial charge >= 0.3 is 6.09 Å². The Morgan fingerprint density at radius 1 is 1.45 bits per heavy atom. The number of nitrogens with one attached hydrogen (secondary N) is 2. The number of aryl methyl sites for hydroxylation is 1. The van der Waals surface area contributed by atoms with Crippen molar-refractivity contribution in [1.82, 2.24) is 15.3 Å². The minimum Gasteiger partial charge on any atom is -0.453 e. The van der Waals surface area contributed by atoms with Crippen LogP contribution in [-0.4, -0.2) is 42.3 Å². The third kappa shape index (κ3) is 2.90. The van der Waals surface area contributed by atoms with Crippen molar-refractivity contribution in [3.05, 3.63) is 11.4 Å². The van der Waals surface area contributed by atoms with E-state index in [4.69, 9.17) is 5.84 Å². The van der Waals surface area contributed by atoms with Crippen LogP contribution in [0, 0.1) is 13.8 Å². The van der Waals surface area contributed by atoms with Crippen LogP contribution in [-0.2, 0) is 4.74 Å². The molecule has 1 saturated heterocycles. The van der Waals surface area contributed by atoms with E-state index in [1.54, 1.807) is 0 Å². The van der Waals surface area contributed by atoms with Crippen molar-refractivity contribution in [1.29, 1.82) is 0 Å². The number of nitrogens with two attached hydrogens (primary N) is 1. The number of hydrogen-bond acceptors (Lipinski definition) is 7. The van der Waals surface area contributed by atoms with Gasteiger partial charge in [-0.15, -0.1) is 0 Å². The molecule has 1 amide bonds. The monoisotopic (exact) mass is 280 g/mol. The molecule has 0 radical (unpaired) electrons. The van der Waals surface area contributed by atoms with Gasteiger partial charge in [-0.3, -0.25) is 0 Å². The molecular formula is C12H20N6O2. The Kier molecular flexibility index (Phi) is 4.23. The molecule has 0 aliphatic carbocycles. The fraction of sp³-hybridized carbons (Fsp3) is 0.583. The maximum absolute atomic E-state index is 11.2. The maximum Gasteiger partial charge on any atom is 0.407 e. The molecule has 1 atom stereocenters. The third-order valence-corrected chi connectivity index (χ3v) is 3.36. The average molecular weight is 280 g/mol. The van der Waals surface area contributed by atoms with Gasteiger partial charge in [0.1, 0.15) is 17.5 Å². The molecule has 8 nitrogen and oxygen atoms in total. The first-order valence-corrected chi connectivity index (χ1v) is 6.46. The summed E-state index contributed by atoms with van der Waals surface area (Å²) in [6.07, 6.45) is 0.444. The van der Waals surface area contributed by atoms with E-state index in [0.29, 0.717) is 18.2 Å². The average Bonchev–Trinajstić information content (AvgIpc) is 2.89. The third-order valence-electron chi connectivity index (χ3n) is 3.36. The molecule has 0 saturated carbocycles. The number of alkyl carbamates (subject to hydrolysis) is 1. The minimum atomic E-state index is -0.406. The topological polar surface area (TPSA) is 105 Å². The van der Waals surface area contributed by atoms with Gasteiger partial charge in [-0.1, -0.05) is 0 Å². The summed E-state index contributed by atoms with van der Waals surface area (Å²) >= 11 is 0. The number of anilines is 2. The van der Waals surface area contributed by atoms with E-state index in [-0.39, 0.29) is 6.04 Å². The van der Waals surface area contributed by atoms with Crippen LogP contribution in [0.5, 0.6) is 0 Å². The van der Waals surface area contributed by atoms with Gasteiger partial charge in [-0.25, -0.2) is 20.6 Å². The molecule has 1 aromatic rings. The van der Waals surface area contributed by atoms with E-state index in [1.165, 1.54) is 7.11 Å². The van der Waals surface area contributed by atoms with Crippen molar-refractivity contribution in [2.45, 2.75) is 26.3 Å². The fourth-order valence-electron chi connectivity index (χ4n) is 2.36. The highest BCUT2D eigenvalue weighted by Crippen LogP contribution is 2.26. The van der Waals surface area contributed by atoms with Gasteiger partial charge in [-0.2, -0.15) is 0 Å². The molecule has 1 aliphatic rings. The summed E-state index contributed by atoms with van der Waals surface area (Å²) in [7, 11) is 1.36. The first-order valence-electron chi connectivity index (χ1n) is 6.46. The van der Waals surface area contributed by atoms with Crippen molar-refractivity contribution in [2.75, 3.05) is 30.5 Å². The number of rotatable bonds is 3. The number of methoxy groups -OCH3 is 1. The largest absolute Gasteiger partial charge is 0.453 e. The highest BCUT2D eigenvalue weighted by molar-refractivity contribution is 5.67. The van der Waals surface area contributed by atoms with E-state index in [9.17, 15) is 4.79 Å². The zero-order valence-electron chi connectivity index (χ0n) is 11.9. The van der Waals surface area contributed by atoms with Gasteiger partial charge in [-0.05, 0) is 20.3 Å². The lowest BCUT2D eigenvalue weighted by molar-refractivity contribution is 0.167. The summed E-state index contributed by atoms with van der Waals surface area (Å²) in [5.41, 5.74) is 3.48. The number of nitrogen functional groups attached to an aromatic ring is 1. The number of carbonyl (C=O) groups excluding carboxylic acids is 1. The number of ether oxygens (including phenoxy) is 1. The fourth-order valence-corrected chi connectivity index (χ4v) is 2.36. The van der Waals surface area contributed by atoms with Crippen molar-refractivity contribution in [2.24, 2.45) is 5.84 Å². The van der Waals surface area contributed by atoms with Crippen LogP contribution < -0.4 is 21.5 Å². The summed E-state index contributed by atoms with van der Waals surface area (Å²) in [5, 5.41) is 2.80. The Morgan fingerprint density at radius 2 is 2.20 bits per heavy atom. The normalized spacial score (nSPS) is 18.0. The number of nitrogens with zero attached hydrogens (tertiary/aromatic N) is 3. The first kappa shape index (κ1) is 14.3.